The Morgan fingerprint density at radius 2 is 2.15 bits per heavy atom. The molecule has 0 bridgehead atoms. The Morgan fingerprint density at radius 1 is 1.30 bits per heavy atom. The molecule has 2 aromatic rings. The Balaban J connectivity index is 2.07. The maximum atomic E-state index is 5.94. The number of hydrogen-bond acceptors (Lipinski definition) is 4. The number of rotatable bonds is 7. The van der Waals surface area contributed by atoms with E-state index in [9.17, 15) is 0 Å². The first-order valence-electron chi connectivity index (χ1n) is 6.58. The van der Waals surface area contributed by atoms with Crippen LogP contribution in [-0.2, 0) is 12.5 Å². The minimum Gasteiger partial charge on any atom is -0.493 e. The van der Waals surface area contributed by atoms with Crippen molar-refractivity contribution in [3.8, 4) is 11.5 Å². The third kappa shape index (κ3) is 4.12. The van der Waals surface area contributed by atoms with Crippen LogP contribution in [0.1, 0.15) is 29.6 Å². The highest BCUT2D eigenvalue weighted by atomic mass is 35.5. The van der Waals surface area contributed by atoms with Crippen molar-refractivity contribution in [2.24, 2.45) is 0 Å². The summed E-state index contributed by atoms with van der Waals surface area (Å²) in [6, 6.07) is 5.77. The van der Waals surface area contributed by atoms with Gasteiger partial charge in [-0.25, -0.2) is 4.98 Å². The number of aryl methyl sites for hydroxylation is 1. The normalized spacial score (nSPS) is 10.6. The molecule has 108 valence electrons. The fourth-order valence-corrected chi connectivity index (χ4v) is 2.60. The molecular formula is C15H18ClNO2S. The first-order chi connectivity index (χ1) is 9.72. The minimum atomic E-state index is 0.417. The second-order valence-corrected chi connectivity index (χ2v) is 5.63. The van der Waals surface area contributed by atoms with Crippen LogP contribution in [0.3, 0.4) is 0 Å². The molecule has 0 radical (unpaired) electrons. The molecule has 2 rings (SSSR count). The molecule has 1 heterocycles. The Bertz CT molecular complexity index is 557. The zero-order valence-corrected chi connectivity index (χ0v) is 13.3. The fraction of sp³-hybridized carbons (Fsp3) is 0.400. The van der Waals surface area contributed by atoms with Gasteiger partial charge in [0.05, 0.1) is 12.5 Å². The summed E-state index contributed by atoms with van der Waals surface area (Å²) in [4.78, 5) is 4.38. The Kier molecular flexibility index (Phi) is 5.68. The van der Waals surface area contributed by atoms with E-state index in [-0.39, 0.29) is 0 Å². The highest BCUT2D eigenvalue weighted by molar-refractivity contribution is 7.09. The van der Waals surface area contributed by atoms with Gasteiger partial charge in [0.1, 0.15) is 23.1 Å². The van der Waals surface area contributed by atoms with Crippen LogP contribution in [0, 0.1) is 6.92 Å². The van der Waals surface area contributed by atoms with Gasteiger partial charge in [-0.3, -0.25) is 0 Å². The van der Waals surface area contributed by atoms with Crippen molar-refractivity contribution < 1.29 is 9.47 Å². The lowest BCUT2D eigenvalue weighted by molar-refractivity contribution is 0.292. The number of nitrogens with zero attached hydrogens (tertiary/aromatic N) is 1. The number of halogens is 1. The fourth-order valence-electron chi connectivity index (χ4n) is 1.70. The molecule has 0 aliphatic rings. The van der Waals surface area contributed by atoms with Crippen LogP contribution in [-0.4, -0.2) is 11.6 Å². The lowest BCUT2D eigenvalue weighted by atomic mass is 10.2. The molecule has 0 saturated heterocycles. The summed E-state index contributed by atoms with van der Waals surface area (Å²) in [5, 5.41) is 2.98. The summed E-state index contributed by atoms with van der Waals surface area (Å²) in [7, 11) is 0. The molecule has 0 spiro atoms. The molecule has 0 saturated carbocycles. The summed E-state index contributed by atoms with van der Waals surface area (Å²) >= 11 is 7.54. The van der Waals surface area contributed by atoms with Gasteiger partial charge in [0.2, 0.25) is 0 Å². The van der Waals surface area contributed by atoms with Gasteiger partial charge >= 0.3 is 0 Å². The quantitative estimate of drug-likeness (QED) is 0.702. The highest BCUT2D eigenvalue weighted by Crippen LogP contribution is 2.27. The number of thiazole rings is 1. The number of benzene rings is 1. The number of ether oxygens (including phenoxy) is 2. The van der Waals surface area contributed by atoms with E-state index in [2.05, 4.69) is 11.9 Å². The lowest BCUT2D eigenvalue weighted by Crippen LogP contribution is -2.00. The van der Waals surface area contributed by atoms with Crippen molar-refractivity contribution in [2.45, 2.75) is 32.8 Å². The Labute approximate surface area is 128 Å². The topological polar surface area (TPSA) is 31.4 Å². The Hall–Kier alpha value is -1.26. The molecule has 0 atom stereocenters. The van der Waals surface area contributed by atoms with Crippen molar-refractivity contribution in [3.63, 3.8) is 0 Å². The molecule has 0 N–H and O–H groups in total. The molecule has 20 heavy (non-hydrogen) atoms. The molecule has 5 heteroatoms. The lowest BCUT2D eigenvalue weighted by Gasteiger charge is -2.11. The second-order valence-electron chi connectivity index (χ2n) is 4.42. The second kappa shape index (κ2) is 7.50. The van der Waals surface area contributed by atoms with Gasteiger partial charge in [-0.2, -0.15) is 0 Å². The van der Waals surface area contributed by atoms with Gasteiger partial charge in [-0.05, 0) is 19.4 Å². The average Bonchev–Trinajstić information content (AvgIpc) is 2.88. The summed E-state index contributed by atoms with van der Waals surface area (Å²) in [5.74, 6) is 1.99. The van der Waals surface area contributed by atoms with E-state index in [0.717, 1.165) is 34.2 Å². The predicted octanol–water partition coefficient (Wildman–Crippen LogP) is 4.56. The van der Waals surface area contributed by atoms with Gasteiger partial charge < -0.3 is 9.47 Å². The molecule has 1 aromatic carbocycles. The van der Waals surface area contributed by atoms with E-state index in [1.807, 2.05) is 30.5 Å². The van der Waals surface area contributed by atoms with E-state index in [0.29, 0.717) is 19.1 Å². The summed E-state index contributed by atoms with van der Waals surface area (Å²) in [6.07, 6.45) is 0.978. The third-order valence-corrected chi connectivity index (χ3v) is 3.90. The van der Waals surface area contributed by atoms with Crippen LogP contribution in [0.2, 0.25) is 0 Å². The van der Waals surface area contributed by atoms with Gasteiger partial charge in [0, 0.05) is 22.7 Å². The summed E-state index contributed by atoms with van der Waals surface area (Å²) in [5.41, 5.74) is 1.98. The van der Waals surface area contributed by atoms with Crippen LogP contribution < -0.4 is 9.47 Å². The minimum absolute atomic E-state index is 0.417. The van der Waals surface area contributed by atoms with Crippen LogP contribution >= 0.6 is 22.9 Å². The maximum absolute atomic E-state index is 5.94. The number of alkyl halides is 1. The standard InChI is InChI=1S/C15H18ClNO2S/c1-3-6-18-13-5-4-12(8-16)14(7-13)19-9-15-17-11(2)10-20-15/h4-5,7,10H,3,6,8-9H2,1-2H3. The molecule has 1 aromatic heterocycles. The van der Waals surface area contributed by atoms with Crippen molar-refractivity contribution in [2.75, 3.05) is 6.61 Å². The summed E-state index contributed by atoms with van der Waals surface area (Å²) < 4.78 is 11.4. The average molecular weight is 312 g/mol. The van der Waals surface area contributed by atoms with Gasteiger partial charge in [0.25, 0.3) is 0 Å². The first-order valence-corrected chi connectivity index (χ1v) is 7.99. The SMILES string of the molecule is CCCOc1ccc(CCl)c(OCc2nc(C)cs2)c1. The molecule has 0 fully saturated rings. The molecule has 3 nitrogen and oxygen atoms in total. The number of hydrogen-bond donors (Lipinski definition) is 0. The predicted molar refractivity (Wildman–Crippen MR) is 83.0 cm³/mol. The van der Waals surface area contributed by atoms with Crippen LogP contribution in [0.25, 0.3) is 0 Å². The Morgan fingerprint density at radius 3 is 2.80 bits per heavy atom. The van der Waals surface area contributed by atoms with E-state index in [1.54, 1.807) is 11.3 Å². The van der Waals surface area contributed by atoms with Crippen LogP contribution in [0.15, 0.2) is 23.6 Å². The zero-order valence-electron chi connectivity index (χ0n) is 11.7. The zero-order chi connectivity index (χ0) is 14.4. The van der Waals surface area contributed by atoms with Gasteiger partial charge in [0.15, 0.2) is 0 Å². The van der Waals surface area contributed by atoms with Gasteiger partial charge in [-0.1, -0.05) is 13.0 Å². The van der Waals surface area contributed by atoms with Crippen LogP contribution in [0.4, 0.5) is 0 Å². The van der Waals surface area contributed by atoms with Crippen molar-refractivity contribution >= 4 is 22.9 Å². The number of aromatic nitrogens is 1. The highest BCUT2D eigenvalue weighted by Gasteiger charge is 2.07. The van der Waals surface area contributed by atoms with E-state index in [4.69, 9.17) is 21.1 Å². The smallest absolute Gasteiger partial charge is 0.140 e. The van der Waals surface area contributed by atoms with Crippen molar-refractivity contribution in [1.29, 1.82) is 0 Å². The van der Waals surface area contributed by atoms with Crippen LogP contribution in [0.5, 0.6) is 11.5 Å². The van der Waals surface area contributed by atoms with Crippen molar-refractivity contribution in [1.82, 2.24) is 4.98 Å². The largest absolute Gasteiger partial charge is 0.493 e. The van der Waals surface area contributed by atoms with E-state index < -0.39 is 0 Å². The van der Waals surface area contributed by atoms with E-state index in [1.165, 1.54) is 0 Å². The molecule has 0 unspecified atom stereocenters. The third-order valence-electron chi connectivity index (χ3n) is 2.67. The molecule has 0 aliphatic heterocycles. The van der Waals surface area contributed by atoms with Crippen molar-refractivity contribution in [3.05, 3.63) is 39.8 Å². The van der Waals surface area contributed by atoms with E-state index >= 15 is 0 Å². The molecule has 0 aliphatic carbocycles. The monoisotopic (exact) mass is 311 g/mol. The molecular weight excluding hydrogens is 294 g/mol. The molecule has 0 amide bonds. The first kappa shape index (κ1) is 15.1. The maximum Gasteiger partial charge on any atom is 0.140 e. The summed E-state index contributed by atoms with van der Waals surface area (Å²) in [6.45, 7) is 5.21. The van der Waals surface area contributed by atoms with Gasteiger partial charge in [-0.15, -0.1) is 22.9 Å².